The first-order valence-corrected chi connectivity index (χ1v) is 8.14. The molecule has 1 aliphatic heterocycles. The highest BCUT2D eigenvalue weighted by Gasteiger charge is 2.23. The number of hydrogen-bond donors (Lipinski definition) is 1. The molecule has 24 heavy (non-hydrogen) atoms. The van der Waals surface area contributed by atoms with Crippen LogP contribution in [0.4, 0.5) is 5.00 Å². The van der Waals surface area contributed by atoms with Crippen LogP contribution in [-0.4, -0.2) is 39.5 Å². The molecule has 2 aromatic rings. The number of ether oxygens (including phenoxy) is 3. The number of anilines is 1. The summed E-state index contributed by atoms with van der Waals surface area (Å²) in [7, 11) is 4.70. The van der Waals surface area contributed by atoms with Crippen LogP contribution in [0.1, 0.15) is 16.0 Å². The average Bonchev–Trinajstić information content (AvgIpc) is 2.86. The van der Waals surface area contributed by atoms with E-state index in [1.54, 1.807) is 21.3 Å². The van der Waals surface area contributed by atoms with Gasteiger partial charge >= 0.3 is 0 Å². The summed E-state index contributed by atoms with van der Waals surface area (Å²) >= 11 is 1.53. The summed E-state index contributed by atoms with van der Waals surface area (Å²) in [4.78, 5) is 17.5. The standard InChI is InChI=1S/C17H18N2O4S/c1-9-5-11-15(18-8-14(20)19-17(11)24-9)10-6-12(21-2)16(23-4)13(7-10)22-3/h5-7H,8H2,1-4H3,(H,19,20). The predicted molar refractivity (Wildman–Crippen MR) is 94.3 cm³/mol. The first-order valence-electron chi connectivity index (χ1n) is 7.32. The van der Waals surface area contributed by atoms with Gasteiger partial charge in [-0.15, -0.1) is 11.3 Å². The molecule has 126 valence electrons. The van der Waals surface area contributed by atoms with Crippen LogP contribution in [0.5, 0.6) is 17.2 Å². The molecule has 1 aromatic carbocycles. The highest BCUT2D eigenvalue weighted by atomic mass is 32.1. The number of carbonyl (C=O) groups excluding carboxylic acids is 1. The number of carbonyl (C=O) groups is 1. The van der Waals surface area contributed by atoms with Gasteiger partial charge < -0.3 is 19.5 Å². The molecule has 2 heterocycles. The van der Waals surface area contributed by atoms with Crippen LogP contribution in [0.3, 0.4) is 0 Å². The van der Waals surface area contributed by atoms with E-state index in [-0.39, 0.29) is 12.5 Å². The number of rotatable bonds is 4. The van der Waals surface area contributed by atoms with Crippen molar-refractivity contribution in [2.45, 2.75) is 6.92 Å². The predicted octanol–water partition coefficient (Wildman–Crippen LogP) is 2.87. The van der Waals surface area contributed by atoms with Gasteiger partial charge in [-0.05, 0) is 25.1 Å². The SMILES string of the molecule is COc1cc(C2=NCC(=O)Nc3sc(C)cc32)cc(OC)c1OC. The molecule has 0 bridgehead atoms. The van der Waals surface area contributed by atoms with Crippen molar-refractivity contribution in [2.24, 2.45) is 4.99 Å². The summed E-state index contributed by atoms with van der Waals surface area (Å²) in [5.41, 5.74) is 2.43. The van der Waals surface area contributed by atoms with Gasteiger partial charge in [-0.25, -0.2) is 0 Å². The minimum Gasteiger partial charge on any atom is -0.493 e. The number of nitrogens with zero attached hydrogens (tertiary/aromatic N) is 1. The van der Waals surface area contributed by atoms with Crippen molar-refractivity contribution in [3.05, 3.63) is 34.2 Å². The van der Waals surface area contributed by atoms with E-state index < -0.39 is 0 Å². The van der Waals surface area contributed by atoms with Crippen molar-refractivity contribution in [3.8, 4) is 17.2 Å². The summed E-state index contributed by atoms with van der Waals surface area (Å²) in [6, 6.07) is 5.70. The Morgan fingerprint density at radius 2 is 1.75 bits per heavy atom. The van der Waals surface area contributed by atoms with Crippen molar-refractivity contribution < 1.29 is 19.0 Å². The topological polar surface area (TPSA) is 69.2 Å². The van der Waals surface area contributed by atoms with Crippen molar-refractivity contribution in [2.75, 3.05) is 33.2 Å². The van der Waals surface area contributed by atoms with Gasteiger partial charge in [0.1, 0.15) is 11.5 Å². The third-order valence-electron chi connectivity index (χ3n) is 3.68. The maximum atomic E-state index is 11.9. The molecule has 0 radical (unpaired) electrons. The van der Waals surface area contributed by atoms with Crippen LogP contribution in [0, 0.1) is 6.92 Å². The number of benzene rings is 1. The summed E-state index contributed by atoms with van der Waals surface area (Å²) < 4.78 is 16.2. The van der Waals surface area contributed by atoms with Crippen molar-refractivity contribution in [1.29, 1.82) is 0 Å². The van der Waals surface area contributed by atoms with E-state index >= 15 is 0 Å². The lowest BCUT2D eigenvalue weighted by molar-refractivity contribution is -0.114. The molecule has 7 heteroatoms. The minimum atomic E-state index is -0.124. The molecule has 0 aliphatic carbocycles. The lowest BCUT2D eigenvalue weighted by Crippen LogP contribution is -2.12. The zero-order valence-electron chi connectivity index (χ0n) is 13.9. The molecule has 0 saturated carbocycles. The van der Waals surface area contributed by atoms with Crippen LogP contribution in [0.15, 0.2) is 23.2 Å². The zero-order valence-corrected chi connectivity index (χ0v) is 14.7. The number of aliphatic imine (C=N–C) groups is 1. The van der Waals surface area contributed by atoms with Crippen LogP contribution in [0.25, 0.3) is 0 Å². The van der Waals surface area contributed by atoms with Crippen molar-refractivity contribution in [3.63, 3.8) is 0 Å². The van der Waals surface area contributed by atoms with Crippen LogP contribution < -0.4 is 19.5 Å². The fourth-order valence-corrected chi connectivity index (χ4v) is 3.58. The van der Waals surface area contributed by atoms with E-state index in [9.17, 15) is 4.79 Å². The monoisotopic (exact) mass is 346 g/mol. The largest absolute Gasteiger partial charge is 0.493 e. The fraction of sp³-hybridized carbons (Fsp3) is 0.294. The average molecular weight is 346 g/mol. The van der Waals surface area contributed by atoms with Gasteiger partial charge in [-0.1, -0.05) is 0 Å². The summed E-state index contributed by atoms with van der Waals surface area (Å²) in [6.45, 7) is 2.07. The Bertz CT molecular complexity index is 801. The summed E-state index contributed by atoms with van der Waals surface area (Å²) in [5.74, 6) is 1.49. The zero-order chi connectivity index (χ0) is 17.3. The van der Waals surface area contributed by atoms with Gasteiger partial charge in [0.2, 0.25) is 11.7 Å². The van der Waals surface area contributed by atoms with Crippen LogP contribution in [0.2, 0.25) is 0 Å². The van der Waals surface area contributed by atoms with Crippen LogP contribution >= 0.6 is 11.3 Å². The lowest BCUT2D eigenvalue weighted by Gasteiger charge is -2.15. The Balaban J connectivity index is 2.19. The van der Waals surface area contributed by atoms with E-state index in [1.807, 2.05) is 25.1 Å². The number of hydrogen-bond acceptors (Lipinski definition) is 6. The van der Waals surface area contributed by atoms with Crippen molar-refractivity contribution in [1.82, 2.24) is 0 Å². The van der Waals surface area contributed by atoms with Gasteiger partial charge in [-0.2, -0.15) is 0 Å². The molecule has 1 aromatic heterocycles. The molecule has 1 aliphatic rings. The van der Waals surface area contributed by atoms with Gasteiger partial charge in [0.15, 0.2) is 11.5 Å². The van der Waals surface area contributed by atoms with Crippen molar-refractivity contribution >= 4 is 28.0 Å². The second kappa shape index (κ2) is 6.52. The van der Waals surface area contributed by atoms with Gasteiger partial charge in [0, 0.05) is 16.0 Å². The lowest BCUT2D eigenvalue weighted by atomic mass is 10.0. The molecule has 3 rings (SSSR count). The summed E-state index contributed by atoms with van der Waals surface area (Å²) in [5, 5.41) is 3.71. The number of thiophene rings is 1. The molecular weight excluding hydrogens is 328 g/mol. The fourth-order valence-electron chi connectivity index (χ4n) is 2.65. The Morgan fingerprint density at radius 1 is 1.08 bits per heavy atom. The molecule has 1 amide bonds. The molecule has 1 N–H and O–H groups in total. The smallest absolute Gasteiger partial charge is 0.246 e. The number of amides is 1. The molecule has 0 spiro atoms. The Morgan fingerprint density at radius 3 is 2.33 bits per heavy atom. The number of fused-ring (bicyclic) bond motifs is 1. The Kier molecular flexibility index (Phi) is 4.44. The minimum absolute atomic E-state index is 0.0758. The van der Waals surface area contributed by atoms with Crippen LogP contribution in [-0.2, 0) is 4.79 Å². The highest BCUT2D eigenvalue weighted by molar-refractivity contribution is 7.16. The molecule has 6 nitrogen and oxygen atoms in total. The molecule has 0 unspecified atom stereocenters. The molecular formula is C17H18N2O4S. The molecule has 0 saturated heterocycles. The van der Waals surface area contributed by atoms with Gasteiger partial charge in [-0.3, -0.25) is 9.79 Å². The van der Waals surface area contributed by atoms with E-state index in [0.29, 0.717) is 17.2 Å². The third-order valence-corrected chi connectivity index (χ3v) is 4.65. The maximum Gasteiger partial charge on any atom is 0.246 e. The van der Waals surface area contributed by atoms with Gasteiger partial charge in [0.25, 0.3) is 0 Å². The first-order chi connectivity index (χ1) is 11.6. The number of aryl methyl sites for hydroxylation is 1. The third kappa shape index (κ3) is 2.82. The first kappa shape index (κ1) is 16.3. The second-order valence-corrected chi connectivity index (χ2v) is 6.48. The Hall–Kier alpha value is -2.54. The maximum absolute atomic E-state index is 11.9. The Labute approximate surface area is 144 Å². The molecule has 0 atom stereocenters. The highest BCUT2D eigenvalue weighted by Crippen LogP contribution is 2.40. The van der Waals surface area contributed by atoms with E-state index in [2.05, 4.69) is 10.3 Å². The second-order valence-electron chi connectivity index (χ2n) is 5.23. The number of methoxy groups -OCH3 is 3. The summed E-state index contributed by atoms with van der Waals surface area (Å²) in [6.07, 6.45) is 0. The normalized spacial score (nSPS) is 13.5. The van der Waals surface area contributed by atoms with E-state index in [1.165, 1.54) is 11.3 Å². The van der Waals surface area contributed by atoms with Gasteiger partial charge in [0.05, 0.1) is 27.0 Å². The quantitative estimate of drug-likeness (QED) is 0.924. The van der Waals surface area contributed by atoms with E-state index in [4.69, 9.17) is 14.2 Å². The number of nitrogens with one attached hydrogen (secondary N) is 1. The van der Waals surface area contributed by atoms with E-state index in [0.717, 1.165) is 26.7 Å². The molecule has 0 fully saturated rings.